The van der Waals surface area contributed by atoms with E-state index in [0.717, 1.165) is 17.0 Å². The molecule has 2 aromatic rings. The molecule has 0 bridgehead atoms. The fourth-order valence-corrected chi connectivity index (χ4v) is 2.58. The molecule has 1 aromatic heterocycles. The van der Waals surface area contributed by atoms with Crippen molar-refractivity contribution in [2.24, 2.45) is 0 Å². The van der Waals surface area contributed by atoms with Crippen LogP contribution in [0.15, 0.2) is 24.3 Å². The number of carbonyl (C=O) groups excluding carboxylic acids is 1. The van der Waals surface area contributed by atoms with E-state index in [2.05, 4.69) is 20.8 Å². The fraction of sp³-hybridized carbons (Fsp3) is 0.308. The average Bonchev–Trinajstić information content (AvgIpc) is 2.92. The molecule has 1 heterocycles. The van der Waals surface area contributed by atoms with E-state index in [9.17, 15) is 4.79 Å². The number of hydrogen-bond acceptors (Lipinski definition) is 5. The molecule has 0 saturated heterocycles. The minimum absolute atomic E-state index is 0.0543. The predicted molar refractivity (Wildman–Crippen MR) is 82.1 cm³/mol. The van der Waals surface area contributed by atoms with Crippen LogP contribution in [0.2, 0.25) is 5.02 Å². The molecule has 0 radical (unpaired) electrons. The Labute approximate surface area is 126 Å². The maximum absolute atomic E-state index is 11.5. The lowest BCUT2D eigenvalue weighted by Crippen LogP contribution is -2.30. The normalized spacial score (nSPS) is 10.3. The molecule has 0 atom stereocenters. The number of rotatable bonds is 6. The Morgan fingerprint density at radius 1 is 1.35 bits per heavy atom. The van der Waals surface area contributed by atoms with Crippen molar-refractivity contribution < 1.29 is 4.79 Å². The maximum atomic E-state index is 11.5. The second-order valence-corrected chi connectivity index (χ2v) is 5.48. The maximum Gasteiger partial charge on any atom is 0.239 e. The van der Waals surface area contributed by atoms with E-state index in [4.69, 9.17) is 11.6 Å². The third kappa shape index (κ3) is 3.91. The minimum Gasteiger partial charge on any atom is -0.355 e. The van der Waals surface area contributed by atoms with Crippen LogP contribution in [0.3, 0.4) is 0 Å². The van der Waals surface area contributed by atoms with E-state index in [1.54, 1.807) is 0 Å². The second kappa shape index (κ2) is 7.21. The number of amides is 1. The van der Waals surface area contributed by atoms with Gasteiger partial charge < -0.3 is 10.6 Å². The van der Waals surface area contributed by atoms with Crippen molar-refractivity contribution in [2.75, 3.05) is 18.4 Å². The van der Waals surface area contributed by atoms with Gasteiger partial charge in [0.25, 0.3) is 0 Å². The van der Waals surface area contributed by atoms with Crippen molar-refractivity contribution in [1.29, 1.82) is 0 Å². The van der Waals surface area contributed by atoms with Crippen LogP contribution in [0.5, 0.6) is 0 Å². The summed E-state index contributed by atoms with van der Waals surface area (Å²) in [5.74, 6) is -0.0543. The van der Waals surface area contributed by atoms with Crippen molar-refractivity contribution in [3.8, 4) is 10.6 Å². The number of benzene rings is 1. The first kappa shape index (κ1) is 14.7. The first-order chi connectivity index (χ1) is 9.70. The lowest BCUT2D eigenvalue weighted by molar-refractivity contribution is -0.119. The summed E-state index contributed by atoms with van der Waals surface area (Å²) in [5.41, 5.74) is 0.843. The first-order valence-corrected chi connectivity index (χ1v) is 7.49. The Bertz CT molecular complexity index is 587. The van der Waals surface area contributed by atoms with Gasteiger partial charge in [-0.2, -0.15) is 0 Å². The Morgan fingerprint density at radius 2 is 2.15 bits per heavy atom. The quantitative estimate of drug-likeness (QED) is 0.861. The van der Waals surface area contributed by atoms with E-state index < -0.39 is 0 Å². The molecule has 0 spiro atoms. The van der Waals surface area contributed by atoms with Gasteiger partial charge in [0.05, 0.1) is 11.6 Å². The number of aromatic nitrogens is 2. The predicted octanol–water partition coefficient (Wildman–Crippen LogP) is 2.80. The zero-order valence-corrected chi connectivity index (χ0v) is 12.6. The van der Waals surface area contributed by atoms with Gasteiger partial charge in [0, 0.05) is 12.1 Å². The van der Waals surface area contributed by atoms with Gasteiger partial charge in [-0.05, 0) is 12.5 Å². The highest BCUT2D eigenvalue weighted by molar-refractivity contribution is 7.18. The molecule has 0 aliphatic carbocycles. The van der Waals surface area contributed by atoms with Gasteiger partial charge in [0.1, 0.15) is 0 Å². The van der Waals surface area contributed by atoms with Crippen LogP contribution < -0.4 is 10.6 Å². The third-order valence-corrected chi connectivity index (χ3v) is 3.75. The number of nitrogens with zero attached hydrogens (tertiary/aromatic N) is 2. The molecule has 0 aliphatic rings. The molecule has 20 heavy (non-hydrogen) atoms. The second-order valence-electron chi connectivity index (χ2n) is 4.10. The topological polar surface area (TPSA) is 66.9 Å². The molecular formula is C13H15ClN4OS. The standard InChI is InChI=1S/C13H15ClN4OS/c1-2-7-15-11(19)8-16-13-18-17-12(20-13)9-5-3-4-6-10(9)14/h3-6H,2,7-8H2,1H3,(H,15,19)(H,16,18). The third-order valence-electron chi connectivity index (χ3n) is 2.50. The number of anilines is 1. The van der Waals surface area contributed by atoms with Gasteiger partial charge in [-0.15, -0.1) is 10.2 Å². The van der Waals surface area contributed by atoms with E-state index in [1.807, 2.05) is 31.2 Å². The van der Waals surface area contributed by atoms with Crippen LogP contribution in [0.1, 0.15) is 13.3 Å². The Kier molecular flexibility index (Phi) is 5.31. The van der Waals surface area contributed by atoms with E-state index in [-0.39, 0.29) is 12.5 Å². The summed E-state index contributed by atoms with van der Waals surface area (Å²) < 4.78 is 0. The molecule has 0 unspecified atom stereocenters. The number of carbonyl (C=O) groups is 1. The zero-order valence-electron chi connectivity index (χ0n) is 11.0. The summed E-state index contributed by atoms with van der Waals surface area (Å²) in [6.07, 6.45) is 0.918. The van der Waals surface area contributed by atoms with E-state index in [1.165, 1.54) is 11.3 Å². The van der Waals surface area contributed by atoms with Crippen molar-refractivity contribution >= 4 is 34.0 Å². The number of halogens is 1. The SMILES string of the molecule is CCCNC(=O)CNc1nnc(-c2ccccc2Cl)s1. The minimum atomic E-state index is -0.0543. The Balaban J connectivity index is 1.96. The lowest BCUT2D eigenvalue weighted by Gasteiger charge is -2.03. The van der Waals surface area contributed by atoms with Crippen LogP contribution >= 0.6 is 22.9 Å². The molecule has 0 fully saturated rings. The molecule has 1 aromatic carbocycles. The van der Waals surface area contributed by atoms with Gasteiger partial charge in [-0.1, -0.05) is 48.1 Å². The molecule has 7 heteroatoms. The van der Waals surface area contributed by atoms with Crippen LogP contribution in [-0.4, -0.2) is 29.2 Å². The van der Waals surface area contributed by atoms with E-state index in [0.29, 0.717) is 16.7 Å². The van der Waals surface area contributed by atoms with Crippen LogP contribution in [0.4, 0.5) is 5.13 Å². The summed E-state index contributed by atoms with van der Waals surface area (Å²) >= 11 is 7.48. The molecule has 0 aliphatic heterocycles. The summed E-state index contributed by atoms with van der Waals surface area (Å²) in [5, 5.41) is 15.8. The smallest absolute Gasteiger partial charge is 0.239 e. The van der Waals surface area contributed by atoms with Crippen LogP contribution in [0, 0.1) is 0 Å². The lowest BCUT2D eigenvalue weighted by atomic mass is 10.2. The highest BCUT2D eigenvalue weighted by Gasteiger charge is 2.10. The molecule has 106 valence electrons. The van der Waals surface area contributed by atoms with Gasteiger partial charge >= 0.3 is 0 Å². The van der Waals surface area contributed by atoms with Gasteiger partial charge in [-0.3, -0.25) is 4.79 Å². The monoisotopic (exact) mass is 310 g/mol. The zero-order chi connectivity index (χ0) is 14.4. The van der Waals surface area contributed by atoms with Gasteiger partial charge in [-0.25, -0.2) is 0 Å². The average molecular weight is 311 g/mol. The molecule has 0 saturated carbocycles. The highest BCUT2D eigenvalue weighted by atomic mass is 35.5. The summed E-state index contributed by atoms with van der Waals surface area (Å²) in [4.78, 5) is 11.5. The Hall–Kier alpha value is -1.66. The van der Waals surface area contributed by atoms with Crippen molar-refractivity contribution in [3.63, 3.8) is 0 Å². The van der Waals surface area contributed by atoms with Crippen LogP contribution in [-0.2, 0) is 4.79 Å². The molecule has 2 rings (SSSR count). The summed E-state index contributed by atoms with van der Waals surface area (Å²) in [6, 6.07) is 7.46. The van der Waals surface area contributed by atoms with E-state index >= 15 is 0 Å². The molecule has 5 nitrogen and oxygen atoms in total. The molecular weight excluding hydrogens is 296 g/mol. The largest absolute Gasteiger partial charge is 0.355 e. The highest BCUT2D eigenvalue weighted by Crippen LogP contribution is 2.31. The molecule has 1 amide bonds. The van der Waals surface area contributed by atoms with Gasteiger partial charge in [0.15, 0.2) is 5.01 Å². The summed E-state index contributed by atoms with van der Waals surface area (Å²) in [6.45, 7) is 2.88. The van der Waals surface area contributed by atoms with Crippen molar-refractivity contribution in [3.05, 3.63) is 29.3 Å². The van der Waals surface area contributed by atoms with Crippen LogP contribution in [0.25, 0.3) is 10.6 Å². The van der Waals surface area contributed by atoms with Gasteiger partial charge in [0.2, 0.25) is 11.0 Å². The Morgan fingerprint density at radius 3 is 2.90 bits per heavy atom. The van der Waals surface area contributed by atoms with Crippen molar-refractivity contribution in [2.45, 2.75) is 13.3 Å². The number of nitrogens with one attached hydrogen (secondary N) is 2. The first-order valence-electron chi connectivity index (χ1n) is 6.29. The van der Waals surface area contributed by atoms with Crippen molar-refractivity contribution in [1.82, 2.24) is 15.5 Å². The fourth-order valence-electron chi connectivity index (χ4n) is 1.52. The number of hydrogen-bond donors (Lipinski definition) is 2. The summed E-state index contributed by atoms with van der Waals surface area (Å²) in [7, 11) is 0. The molecule has 2 N–H and O–H groups in total.